The fourth-order valence-electron chi connectivity index (χ4n) is 1.31. The molecule has 2 heterocycles. The fourth-order valence-corrected chi connectivity index (χ4v) is 2.18. The molecule has 0 saturated carbocycles. The van der Waals surface area contributed by atoms with Gasteiger partial charge in [0.15, 0.2) is 0 Å². The largest absolute Gasteiger partial charge is 0.481 e. The lowest BCUT2D eigenvalue weighted by atomic mass is 10.2. The molecule has 0 aromatic carbocycles. The van der Waals surface area contributed by atoms with Crippen molar-refractivity contribution in [3.05, 3.63) is 23.0 Å². The van der Waals surface area contributed by atoms with Crippen molar-refractivity contribution in [2.24, 2.45) is 0 Å². The number of fused-ring (bicyclic) bond motifs is 1. The molecule has 0 radical (unpaired) electrons. The molecule has 86 valence electrons. The molecule has 2 rings (SSSR count). The second kappa shape index (κ2) is 5.55. The molecule has 0 atom stereocenters. The molecule has 0 unspecified atom stereocenters. The van der Waals surface area contributed by atoms with Crippen LogP contribution < -0.4 is 0 Å². The first-order valence-electron chi connectivity index (χ1n) is 5.08. The maximum Gasteiger partial charge on any atom is 0.309 e. The highest BCUT2D eigenvalue weighted by Gasteiger charge is 2.09. The lowest BCUT2D eigenvalue weighted by Gasteiger charge is -1.96. The van der Waals surface area contributed by atoms with Gasteiger partial charge in [-0.1, -0.05) is 13.8 Å². The summed E-state index contributed by atoms with van der Waals surface area (Å²) in [5.41, 5.74) is 0.590. The van der Waals surface area contributed by atoms with E-state index in [9.17, 15) is 4.79 Å². The van der Waals surface area contributed by atoms with Gasteiger partial charge in [0.1, 0.15) is 11.2 Å². The van der Waals surface area contributed by atoms with E-state index in [0.29, 0.717) is 5.69 Å². The van der Waals surface area contributed by atoms with Gasteiger partial charge in [-0.05, 0) is 13.0 Å². The average Bonchev–Trinajstić information content (AvgIpc) is 2.62. The van der Waals surface area contributed by atoms with Crippen molar-refractivity contribution in [2.45, 2.75) is 27.2 Å². The van der Waals surface area contributed by atoms with E-state index < -0.39 is 5.97 Å². The van der Waals surface area contributed by atoms with Crippen LogP contribution in [0.15, 0.2) is 12.4 Å². The average molecular weight is 238 g/mol. The van der Waals surface area contributed by atoms with E-state index in [0.717, 1.165) is 15.1 Å². The van der Waals surface area contributed by atoms with E-state index in [-0.39, 0.29) is 6.42 Å². The van der Waals surface area contributed by atoms with E-state index in [1.807, 2.05) is 26.8 Å². The van der Waals surface area contributed by atoms with Gasteiger partial charge in [0.25, 0.3) is 0 Å². The molecule has 0 aliphatic heterocycles. The van der Waals surface area contributed by atoms with Crippen LogP contribution in [0.5, 0.6) is 0 Å². The Morgan fingerprint density at radius 2 is 2.12 bits per heavy atom. The van der Waals surface area contributed by atoms with Gasteiger partial charge in [-0.3, -0.25) is 4.79 Å². The number of aromatic nitrogens is 2. The molecule has 4 nitrogen and oxygen atoms in total. The molecule has 0 fully saturated rings. The Morgan fingerprint density at radius 1 is 1.44 bits per heavy atom. The smallest absolute Gasteiger partial charge is 0.309 e. The summed E-state index contributed by atoms with van der Waals surface area (Å²) in [7, 11) is 0. The summed E-state index contributed by atoms with van der Waals surface area (Å²) < 4.78 is 0. The number of carbonyl (C=O) groups is 1. The fraction of sp³-hybridized carbons (Fsp3) is 0.364. The van der Waals surface area contributed by atoms with Crippen molar-refractivity contribution >= 4 is 27.5 Å². The number of thiophene rings is 1. The third-order valence-corrected chi connectivity index (χ3v) is 2.81. The van der Waals surface area contributed by atoms with Crippen LogP contribution in [0.3, 0.4) is 0 Å². The molecular formula is C11H14N2O2S. The highest BCUT2D eigenvalue weighted by molar-refractivity contribution is 7.18. The summed E-state index contributed by atoms with van der Waals surface area (Å²) in [6.07, 6.45) is 1.37. The number of hydrogen-bond donors (Lipinski definition) is 1. The van der Waals surface area contributed by atoms with Gasteiger partial charge in [0.2, 0.25) is 0 Å². The van der Waals surface area contributed by atoms with Gasteiger partial charge in [-0.25, -0.2) is 9.97 Å². The zero-order valence-corrected chi connectivity index (χ0v) is 10.3. The van der Waals surface area contributed by atoms with Gasteiger partial charge in [-0.2, -0.15) is 0 Å². The second-order valence-electron chi connectivity index (χ2n) is 2.97. The predicted molar refractivity (Wildman–Crippen MR) is 64.8 cm³/mol. The highest BCUT2D eigenvalue weighted by atomic mass is 32.1. The molecule has 0 amide bonds. The van der Waals surface area contributed by atoms with E-state index in [1.54, 1.807) is 11.3 Å². The molecule has 2 aromatic heterocycles. The van der Waals surface area contributed by atoms with Gasteiger partial charge in [-0.15, -0.1) is 11.3 Å². The summed E-state index contributed by atoms with van der Waals surface area (Å²) in [5.74, 6) is -0.867. The summed E-state index contributed by atoms with van der Waals surface area (Å²) in [5, 5.41) is 9.53. The predicted octanol–water partition coefficient (Wildman–Crippen LogP) is 2.65. The number of aryl methyl sites for hydroxylation is 1. The summed E-state index contributed by atoms with van der Waals surface area (Å²) >= 11 is 1.55. The minimum Gasteiger partial charge on any atom is -0.481 e. The van der Waals surface area contributed by atoms with E-state index in [2.05, 4.69) is 9.97 Å². The number of rotatable bonds is 2. The van der Waals surface area contributed by atoms with Crippen LogP contribution in [0.1, 0.15) is 24.4 Å². The number of aliphatic carboxylic acids is 1. The topological polar surface area (TPSA) is 63.1 Å². The molecule has 0 aliphatic rings. The molecule has 2 aromatic rings. The first-order chi connectivity index (χ1) is 7.66. The van der Waals surface area contributed by atoms with Gasteiger partial charge < -0.3 is 5.11 Å². The van der Waals surface area contributed by atoms with Crippen molar-refractivity contribution < 1.29 is 9.90 Å². The summed E-state index contributed by atoms with van der Waals surface area (Å²) in [4.78, 5) is 20.6. The van der Waals surface area contributed by atoms with Crippen molar-refractivity contribution in [3.8, 4) is 0 Å². The SMILES string of the molecule is CC.Cc1cc2c(CC(=O)O)ncnc2s1. The molecule has 1 N–H and O–H groups in total. The monoisotopic (exact) mass is 238 g/mol. The first-order valence-corrected chi connectivity index (χ1v) is 5.90. The molecule has 0 saturated heterocycles. The van der Waals surface area contributed by atoms with E-state index in [4.69, 9.17) is 5.11 Å². The Bertz CT molecular complexity index is 494. The van der Waals surface area contributed by atoms with Crippen LogP contribution >= 0.6 is 11.3 Å². The summed E-state index contributed by atoms with van der Waals surface area (Å²) in [6.45, 7) is 5.97. The zero-order valence-electron chi connectivity index (χ0n) is 9.52. The van der Waals surface area contributed by atoms with Crippen LogP contribution in [0.25, 0.3) is 10.2 Å². The maximum atomic E-state index is 10.6. The van der Waals surface area contributed by atoms with Crippen LogP contribution in [0.2, 0.25) is 0 Å². The summed E-state index contributed by atoms with van der Waals surface area (Å²) in [6, 6.07) is 1.93. The van der Waals surface area contributed by atoms with E-state index in [1.165, 1.54) is 6.33 Å². The minimum absolute atomic E-state index is 0.0464. The van der Waals surface area contributed by atoms with Crippen LogP contribution in [0.4, 0.5) is 0 Å². The highest BCUT2D eigenvalue weighted by Crippen LogP contribution is 2.24. The molecular weight excluding hydrogens is 224 g/mol. The molecule has 0 aliphatic carbocycles. The van der Waals surface area contributed by atoms with Crippen LogP contribution in [0, 0.1) is 6.92 Å². The molecule has 0 spiro atoms. The van der Waals surface area contributed by atoms with Gasteiger partial charge in [0.05, 0.1) is 12.1 Å². The lowest BCUT2D eigenvalue weighted by Crippen LogP contribution is -2.02. The maximum absolute atomic E-state index is 10.6. The second-order valence-corrected chi connectivity index (χ2v) is 4.20. The third-order valence-electron chi connectivity index (χ3n) is 1.85. The quantitative estimate of drug-likeness (QED) is 0.873. The van der Waals surface area contributed by atoms with Crippen molar-refractivity contribution in [1.82, 2.24) is 9.97 Å². The van der Waals surface area contributed by atoms with E-state index >= 15 is 0 Å². The standard InChI is InChI=1S/C9H8N2O2S.C2H6/c1-5-2-6-7(3-8(12)13)10-4-11-9(6)14-5;1-2/h2,4H,3H2,1H3,(H,12,13);1-2H3. The molecule has 0 bridgehead atoms. The first kappa shape index (κ1) is 12.6. The third kappa shape index (κ3) is 2.76. The lowest BCUT2D eigenvalue weighted by molar-refractivity contribution is -0.136. The molecule has 16 heavy (non-hydrogen) atoms. The Hall–Kier alpha value is -1.49. The van der Waals surface area contributed by atoms with Crippen molar-refractivity contribution in [2.75, 3.05) is 0 Å². The number of carboxylic acid groups (broad SMARTS) is 1. The Labute approximate surface area is 98.0 Å². The minimum atomic E-state index is -0.867. The normalized spacial score (nSPS) is 9.69. The Kier molecular flexibility index (Phi) is 4.37. The van der Waals surface area contributed by atoms with Crippen molar-refractivity contribution in [1.29, 1.82) is 0 Å². The van der Waals surface area contributed by atoms with Crippen LogP contribution in [-0.2, 0) is 11.2 Å². The van der Waals surface area contributed by atoms with Gasteiger partial charge in [0, 0.05) is 10.3 Å². The Morgan fingerprint density at radius 3 is 2.75 bits per heavy atom. The number of hydrogen-bond acceptors (Lipinski definition) is 4. The number of nitrogens with zero attached hydrogens (tertiary/aromatic N) is 2. The zero-order chi connectivity index (χ0) is 12.1. The number of carboxylic acids is 1. The van der Waals surface area contributed by atoms with Crippen molar-refractivity contribution in [3.63, 3.8) is 0 Å². The van der Waals surface area contributed by atoms with Crippen LogP contribution in [-0.4, -0.2) is 21.0 Å². The Balaban J connectivity index is 0.000000606. The molecule has 5 heteroatoms. The van der Waals surface area contributed by atoms with Gasteiger partial charge >= 0.3 is 5.97 Å².